The Bertz CT molecular complexity index is 708. The molecule has 0 amide bonds. The molecule has 0 aliphatic heterocycles. The van der Waals surface area contributed by atoms with E-state index >= 15 is 0 Å². The SMILES string of the molecule is OC(Cc1cn[nH]n1)(Cc1cn[nH]n1)c1cccc(F)c1F. The van der Waals surface area contributed by atoms with Crippen molar-refractivity contribution in [3.8, 4) is 0 Å². The first-order valence-electron chi connectivity index (χ1n) is 6.45. The molecule has 0 spiro atoms. The molecular formula is C13H12F2N6O. The zero-order valence-corrected chi connectivity index (χ0v) is 11.3. The van der Waals surface area contributed by atoms with E-state index in [0.717, 1.165) is 6.07 Å². The van der Waals surface area contributed by atoms with Crippen LogP contribution >= 0.6 is 0 Å². The van der Waals surface area contributed by atoms with Gasteiger partial charge in [-0.1, -0.05) is 12.1 Å². The molecule has 2 aromatic heterocycles. The fourth-order valence-corrected chi connectivity index (χ4v) is 2.34. The highest BCUT2D eigenvalue weighted by molar-refractivity contribution is 5.28. The molecule has 0 atom stereocenters. The van der Waals surface area contributed by atoms with Crippen molar-refractivity contribution >= 4 is 0 Å². The summed E-state index contributed by atoms with van der Waals surface area (Å²) in [5.74, 6) is -2.13. The van der Waals surface area contributed by atoms with Crippen LogP contribution in [-0.2, 0) is 18.4 Å². The minimum Gasteiger partial charge on any atom is -0.384 e. The van der Waals surface area contributed by atoms with Gasteiger partial charge in [0.05, 0.1) is 23.8 Å². The molecule has 3 aromatic rings. The molecule has 0 aliphatic carbocycles. The molecule has 114 valence electrons. The summed E-state index contributed by atoms with van der Waals surface area (Å²) in [6.07, 6.45) is 2.70. The van der Waals surface area contributed by atoms with E-state index in [0.29, 0.717) is 11.4 Å². The summed E-state index contributed by atoms with van der Waals surface area (Å²) >= 11 is 0. The fraction of sp³-hybridized carbons (Fsp3) is 0.231. The van der Waals surface area contributed by atoms with Gasteiger partial charge in [-0.15, -0.1) is 0 Å². The average molecular weight is 306 g/mol. The Hall–Kier alpha value is -2.68. The maximum absolute atomic E-state index is 14.1. The smallest absolute Gasteiger partial charge is 0.164 e. The van der Waals surface area contributed by atoms with E-state index in [1.54, 1.807) is 0 Å². The Balaban J connectivity index is 2.03. The Labute approximate surface area is 123 Å². The normalized spacial score (nSPS) is 11.8. The molecule has 9 heteroatoms. The molecule has 0 saturated heterocycles. The van der Waals surface area contributed by atoms with Gasteiger partial charge < -0.3 is 5.11 Å². The molecule has 0 fully saturated rings. The molecule has 0 saturated carbocycles. The van der Waals surface area contributed by atoms with Crippen LogP contribution in [0.1, 0.15) is 17.0 Å². The molecule has 1 aromatic carbocycles. The van der Waals surface area contributed by atoms with Crippen molar-refractivity contribution in [2.24, 2.45) is 0 Å². The number of nitrogens with zero attached hydrogens (tertiary/aromatic N) is 4. The van der Waals surface area contributed by atoms with Crippen LogP contribution in [0.15, 0.2) is 30.6 Å². The van der Waals surface area contributed by atoms with Gasteiger partial charge in [-0.05, 0) is 6.07 Å². The second-order valence-corrected chi connectivity index (χ2v) is 4.91. The largest absolute Gasteiger partial charge is 0.384 e. The average Bonchev–Trinajstić information content (AvgIpc) is 3.15. The van der Waals surface area contributed by atoms with Gasteiger partial charge in [-0.25, -0.2) is 8.78 Å². The summed E-state index contributed by atoms with van der Waals surface area (Å²) in [5.41, 5.74) is -1.08. The molecule has 3 rings (SSSR count). The monoisotopic (exact) mass is 306 g/mol. The van der Waals surface area contributed by atoms with Crippen LogP contribution in [0.4, 0.5) is 8.78 Å². The number of hydrogen-bond acceptors (Lipinski definition) is 5. The van der Waals surface area contributed by atoms with Crippen molar-refractivity contribution in [1.82, 2.24) is 30.8 Å². The van der Waals surface area contributed by atoms with E-state index in [9.17, 15) is 13.9 Å². The minimum atomic E-state index is -1.74. The summed E-state index contributed by atoms with van der Waals surface area (Å²) in [4.78, 5) is 0. The predicted octanol–water partition coefficient (Wildman–Crippen LogP) is 0.874. The number of nitrogens with one attached hydrogen (secondary N) is 2. The van der Waals surface area contributed by atoms with Crippen LogP contribution in [0.5, 0.6) is 0 Å². The maximum atomic E-state index is 14.1. The number of H-pyrrole nitrogens is 2. The number of hydrogen-bond donors (Lipinski definition) is 3. The molecule has 2 heterocycles. The predicted molar refractivity (Wildman–Crippen MR) is 70.4 cm³/mol. The first-order valence-corrected chi connectivity index (χ1v) is 6.45. The highest BCUT2D eigenvalue weighted by atomic mass is 19.2. The van der Waals surface area contributed by atoms with Gasteiger partial charge in [0.25, 0.3) is 0 Å². The second kappa shape index (κ2) is 5.60. The first-order chi connectivity index (χ1) is 10.6. The number of rotatable bonds is 5. The summed E-state index contributed by atoms with van der Waals surface area (Å²) in [6, 6.07) is 3.66. The summed E-state index contributed by atoms with van der Waals surface area (Å²) < 4.78 is 27.6. The van der Waals surface area contributed by atoms with Gasteiger partial charge in [0.2, 0.25) is 0 Å². The van der Waals surface area contributed by atoms with Crippen molar-refractivity contribution < 1.29 is 13.9 Å². The van der Waals surface area contributed by atoms with Crippen molar-refractivity contribution in [2.45, 2.75) is 18.4 Å². The second-order valence-electron chi connectivity index (χ2n) is 4.91. The third kappa shape index (κ3) is 2.70. The third-order valence-electron chi connectivity index (χ3n) is 3.33. The lowest BCUT2D eigenvalue weighted by atomic mass is 9.84. The molecule has 7 nitrogen and oxygen atoms in total. The maximum Gasteiger partial charge on any atom is 0.164 e. The summed E-state index contributed by atoms with van der Waals surface area (Å²) in [7, 11) is 0. The van der Waals surface area contributed by atoms with Gasteiger partial charge in [-0.2, -0.15) is 30.8 Å². The minimum absolute atomic E-state index is 0.0588. The van der Waals surface area contributed by atoms with Gasteiger partial charge in [0, 0.05) is 18.4 Å². The van der Waals surface area contributed by atoms with Gasteiger partial charge in [0.1, 0.15) is 5.60 Å². The van der Waals surface area contributed by atoms with Crippen LogP contribution in [0.3, 0.4) is 0 Å². The standard InChI is InChI=1S/C13H12F2N6O/c14-11-3-1-2-10(12(11)15)13(22,4-8-6-16-20-18-8)5-9-7-17-21-19-9/h1-3,6-7,22H,4-5H2,(H,16,18,20)(H,17,19,21). The van der Waals surface area contributed by atoms with E-state index in [2.05, 4.69) is 30.8 Å². The van der Waals surface area contributed by atoms with Crippen molar-refractivity contribution in [3.05, 3.63) is 59.2 Å². The molecule has 0 radical (unpaired) electrons. The van der Waals surface area contributed by atoms with Crippen LogP contribution in [0.2, 0.25) is 0 Å². The van der Waals surface area contributed by atoms with Crippen LogP contribution in [-0.4, -0.2) is 35.9 Å². The highest BCUT2D eigenvalue weighted by Crippen LogP contribution is 2.31. The van der Waals surface area contributed by atoms with Gasteiger partial charge in [-0.3, -0.25) is 0 Å². The summed E-state index contributed by atoms with van der Waals surface area (Å²) in [6.45, 7) is 0. The molecule has 22 heavy (non-hydrogen) atoms. The van der Waals surface area contributed by atoms with Crippen LogP contribution < -0.4 is 0 Å². The lowest BCUT2D eigenvalue weighted by Gasteiger charge is -2.27. The molecule has 0 unspecified atom stereocenters. The molecular weight excluding hydrogens is 294 g/mol. The number of benzene rings is 1. The molecule has 0 aliphatic rings. The van der Waals surface area contributed by atoms with Crippen molar-refractivity contribution in [2.75, 3.05) is 0 Å². The topological polar surface area (TPSA) is 103 Å². The van der Waals surface area contributed by atoms with Gasteiger partial charge >= 0.3 is 0 Å². The quantitative estimate of drug-likeness (QED) is 0.649. The van der Waals surface area contributed by atoms with E-state index in [4.69, 9.17) is 0 Å². The molecule has 3 N–H and O–H groups in total. The molecule has 0 bridgehead atoms. The fourth-order valence-electron chi connectivity index (χ4n) is 2.34. The number of halogens is 2. The van der Waals surface area contributed by atoms with E-state index in [1.807, 2.05) is 0 Å². The Morgan fingerprint density at radius 3 is 2.09 bits per heavy atom. The lowest BCUT2D eigenvalue weighted by Crippen LogP contribution is -2.33. The highest BCUT2D eigenvalue weighted by Gasteiger charge is 2.35. The zero-order chi connectivity index (χ0) is 15.6. The zero-order valence-electron chi connectivity index (χ0n) is 11.3. The van der Waals surface area contributed by atoms with E-state index in [-0.39, 0.29) is 18.4 Å². The number of aromatic amines is 2. The summed E-state index contributed by atoms with van der Waals surface area (Å²) in [5, 5.41) is 30.8. The number of aliphatic hydroxyl groups is 1. The number of aromatic nitrogens is 6. The van der Waals surface area contributed by atoms with Crippen LogP contribution in [0, 0.1) is 11.6 Å². The Kier molecular flexibility index (Phi) is 3.63. The van der Waals surface area contributed by atoms with Crippen LogP contribution in [0.25, 0.3) is 0 Å². The lowest BCUT2D eigenvalue weighted by molar-refractivity contribution is 0.0308. The van der Waals surface area contributed by atoms with Crippen molar-refractivity contribution in [3.63, 3.8) is 0 Å². The van der Waals surface area contributed by atoms with Crippen molar-refractivity contribution in [1.29, 1.82) is 0 Å². The van der Waals surface area contributed by atoms with E-state index < -0.39 is 17.2 Å². The Morgan fingerprint density at radius 1 is 1.00 bits per heavy atom. The third-order valence-corrected chi connectivity index (χ3v) is 3.33. The van der Waals surface area contributed by atoms with Gasteiger partial charge in [0.15, 0.2) is 11.6 Å². The van der Waals surface area contributed by atoms with E-state index in [1.165, 1.54) is 24.5 Å². The first kappa shape index (κ1) is 14.3. The Morgan fingerprint density at radius 2 is 1.59 bits per heavy atom.